The van der Waals surface area contributed by atoms with Crippen LogP contribution in [-0.2, 0) is 11.3 Å². The molecule has 0 amide bonds. The summed E-state index contributed by atoms with van der Waals surface area (Å²) in [5.74, 6) is -0.521. The van der Waals surface area contributed by atoms with Gasteiger partial charge in [0.25, 0.3) is 0 Å². The second-order valence-electron chi connectivity index (χ2n) is 2.61. The lowest BCUT2D eigenvalue weighted by Gasteiger charge is -2.04. The normalized spacial score (nSPS) is 9.77. The molecule has 1 rings (SSSR count). The first-order chi connectivity index (χ1) is 6.19. The SMILES string of the molecule is COC(=O)c1nc(C)ccc1CO. The fourth-order valence-electron chi connectivity index (χ4n) is 0.987. The molecule has 13 heavy (non-hydrogen) atoms. The fourth-order valence-corrected chi connectivity index (χ4v) is 0.987. The van der Waals surface area contributed by atoms with Crippen molar-refractivity contribution in [3.8, 4) is 0 Å². The van der Waals surface area contributed by atoms with Gasteiger partial charge in [0, 0.05) is 11.3 Å². The number of hydrogen-bond donors (Lipinski definition) is 1. The van der Waals surface area contributed by atoms with Crippen LogP contribution in [0.3, 0.4) is 0 Å². The molecule has 0 aliphatic carbocycles. The van der Waals surface area contributed by atoms with Crippen molar-refractivity contribution in [1.29, 1.82) is 0 Å². The molecule has 0 unspecified atom stereocenters. The third kappa shape index (κ3) is 2.03. The third-order valence-corrected chi connectivity index (χ3v) is 1.67. The van der Waals surface area contributed by atoms with Crippen LogP contribution >= 0.6 is 0 Å². The van der Waals surface area contributed by atoms with Gasteiger partial charge in [-0.15, -0.1) is 0 Å². The number of pyridine rings is 1. The van der Waals surface area contributed by atoms with Crippen molar-refractivity contribution in [3.05, 3.63) is 29.1 Å². The molecule has 0 fully saturated rings. The average Bonchev–Trinajstić information content (AvgIpc) is 2.16. The Balaban J connectivity index is 3.15. The Bertz CT molecular complexity index is 323. The highest BCUT2D eigenvalue weighted by molar-refractivity contribution is 5.88. The average molecular weight is 181 g/mol. The second kappa shape index (κ2) is 4.00. The maximum atomic E-state index is 11.1. The largest absolute Gasteiger partial charge is 0.464 e. The Morgan fingerprint density at radius 2 is 2.31 bits per heavy atom. The maximum Gasteiger partial charge on any atom is 0.357 e. The van der Waals surface area contributed by atoms with Crippen LogP contribution in [0.15, 0.2) is 12.1 Å². The molecule has 0 saturated carbocycles. The van der Waals surface area contributed by atoms with Gasteiger partial charge in [0.15, 0.2) is 5.69 Å². The molecule has 0 aliphatic rings. The topological polar surface area (TPSA) is 59.4 Å². The van der Waals surface area contributed by atoms with E-state index in [-0.39, 0.29) is 12.3 Å². The monoisotopic (exact) mass is 181 g/mol. The Kier molecular flexibility index (Phi) is 2.97. The van der Waals surface area contributed by atoms with Crippen molar-refractivity contribution in [2.45, 2.75) is 13.5 Å². The molecule has 0 saturated heterocycles. The van der Waals surface area contributed by atoms with Crippen molar-refractivity contribution in [2.75, 3.05) is 7.11 Å². The van der Waals surface area contributed by atoms with E-state index in [1.54, 1.807) is 19.1 Å². The first-order valence-electron chi connectivity index (χ1n) is 3.84. The van der Waals surface area contributed by atoms with Crippen molar-refractivity contribution < 1.29 is 14.6 Å². The van der Waals surface area contributed by atoms with Crippen LogP contribution in [0.5, 0.6) is 0 Å². The van der Waals surface area contributed by atoms with Crippen LogP contribution in [0.25, 0.3) is 0 Å². The van der Waals surface area contributed by atoms with Gasteiger partial charge in [0.1, 0.15) is 0 Å². The van der Waals surface area contributed by atoms with Crippen LogP contribution in [0.1, 0.15) is 21.7 Å². The van der Waals surface area contributed by atoms with Crippen molar-refractivity contribution in [1.82, 2.24) is 4.98 Å². The summed E-state index contributed by atoms with van der Waals surface area (Å²) in [4.78, 5) is 15.1. The number of aliphatic hydroxyl groups excluding tert-OH is 1. The van der Waals surface area contributed by atoms with E-state index in [0.717, 1.165) is 5.69 Å². The van der Waals surface area contributed by atoms with Gasteiger partial charge < -0.3 is 9.84 Å². The number of aliphatic hydroxyl groups is 1. The van der Waals surface area contributed by atoms with Crippen LogP contribution in [0, 0.1) is 6.92 Å². The predicted molar refractivity (Wildman–Crippen MR) is 46.2 cm³/mol. The van der Waals surface area contributed by atoms with Crippen LogP contribution in [0.4, 0.5) is 0 Å². The van der Waals surface area contributed by atoms with Gasteiger partial charge in [0.05, 0.1) is 13.7 Å². The van der Waals surface area contributed by atoms with Crippen molar-refractivity contribution in [3.63, 3.8) is 0 Å². The van der Waals surface area contributed by atoms with Crippen LogP contribution in [0.2, 0.25) is 0 Å². The molecular weight excluding hydrogens is 170 g/mol. The highest BCUT2D eigenvalue weighted by Gasteiger charge is 2.12. The summed E-state index contributed by atoms with van der Waals surface area (Å²) >= 11 is 0. The summed E-state index contributed by atoms with van der Waals surface area (Å²) in [7, 11) is 1.29. The Labute approximate surface area is 76.2 Å². The molecule has 70 valence electrons. The van der Waals surface area contributed by atoms with Gasteiger partial charge in [-0.3, -0.25) is 0 Å². The summed E-state index contributed by atoms with van der Waals surface area (Å²) in [5, 5.41) is 8.91. The van der Waals surface area contributed by atoms with E-state index in [4.69, 9.17) is 5.11 Å². The standard InChI is InChI=1S/C9H11NO3/c1-6-3-4-7(5-11)8(10-6)9(12)13-2/h3-4,11H,5H2,1-2H3. The minimum Gasteiger partial charge on any atom is -0.464 e. The molecule has 4 nitrogen and oxygen atoms in total. The summed E-state index contributed by atoms with van der Waals surface area (Å²) < 4.78 is 4.52. The number of aromatic nitrogens is 1. The summed E-state index contributed by atoms with van der Waals surface area (Å²) in [6.45, 7) is 1.56. The Hall–Kier alpha value is -1.42. The lowest BCUT2D eigenvalue weighted by molar-refractivity contribution is 0.0590. The minimum atomic E-state index is -0.521. The number of rotatable bonds is 2. The second-order valence-corrected chi connectivity index (χ2v) is 2.61. The molecule has 0 aromatic carbocycles. The van der Waals surface area contributed by atoms with E-state index in [2.05, 4.69) is 9.72 Å². The lowest BCUT2D eigenvalue weighted by Crippen LogP contribution is -2.09. The maximum absolute atomic E-state index is 11.1. The molecule has 0 bridgehead atoms. The molecule has 1 heterocycles. The molecular formula is C9H11NO3. The molecule has 1 aromatic rings. The number of carbonyl (C=O) groups is 1. The van der Waals surface area contributed by atoms with Gasteiger partial charge in [-0.1, -0.05) is 6.07 Å². The van der Waals surface area contributed by atoms with Gasteiger partial charge >= 0.3 is 5.97 Å². The molecule has 0 atom stereocenters. The lowest BCUT2D eigenvalue weighted by atomic mass is 10.2. The number of hydrogen-bond acceptors (Lipinski definition) is 4. The zero-order valence-corrected chi connectivity index (χ0v) is 7.57. The third-order valence-electron chi connectivity index (χ3n) is 1.67. The predicted octanol–water partition coefficient (Wildman–Crippen LogP) is 0.669. The fraction of sp³-hybridized carbons (Fsp3) is 0.333. The number of esters is 1. The molecule has 1 N–H and O–H groups in total. The highest BCUT2D eigenvalue weighted by Crippen LogP contribution is 2.08. The van der Waals surface area contributed by atoms with E-state index in [1.807, 2.05) is 0 Å². The Morgan fingerprint density at radius 1 is 1.62 bits per heavy atom. The number of aryl methyl sites for hydroxylation is 1. The minimum absolute atomic E-state index is 0.185. The molecule has 4 heteroatoms. The Morgan fingerprint density at radius 3 is 2.85 bits per heavy atom. The van der Waals surface area contributed by atoms with E-state index >= 15 is 0 Å². The first-order valence-corrected chi connectivity index (χ1v) is 3.84. The number of carbonyl (C=O) groups excluding carboxylic acids is 1. The van der Waals surface area contributed by atoms with Crippen molar-refractivity contribution in [2.24, 2.45) is 0 Å². The van der Waals surface area contributed by atoms with E-state index < -0.39 is 5.97 Å². The number of methoxy groups -OCH3 is 1. The van der Waals surface area contributed by atoms with Crippen LogP contribution in [-0.4, -0.2) is 23.2 Å². The molecule has 0 radical (unpaired) electrons. The first kappa shape index (κ1) is 9.67. The smallest absolute Gasteiger partial charge is 0.357 e. The molecule has 0 aliphatic heterocycles. The zero-order chi connectivity index (χ0) is 9.84. The van der Waals surface area contributed by atoms with E-state index in [9.17, 15) is 4.79 Å². The summed E-state index contributed by atoms with van der Waals surface area (Å²) in [6.07, 6.45) is 0. The van der Waals surface area contributed by atoms with Crippen molar-refractivity contribution >= 4 is 5.97 Å². The summed E-state index contributed by atoms with van der Waals surface area (Å²) in [5.41, 5.74) is 1.39. The van der Waals surface area contributed by atoms with Gasteiger partial charge in [-0.2, -0.15) is 0 Å². The number of nitrogens with zero attached hydrogens (tertiary/aromatic N) is 1. The zero-order valence-electron chi connectivity index (χ0n) is 7.57. The quantitative estimate of drug-likeness (QED) is 0.681. The number of ether oxygens (including phenoxy) is 1. The summed E-state index contributed by atoms with van der Waals surface area (Å²) in [6, 6.07) is 3.40. The highest BCUT2D eigenvalue weighted by atomic mass is 16.5. The van der Waals surface area contributed by atoms with E-state index in [1.165, 1.54) is 7.11 Å². The van der Waals surface area contributed by atoms with E-state index in [0.29, 0.717) is 5.56 Å². The molecule has 1 aromatic heterocycles. The van der Waals surface area contributed by atoms with Gasteiger partial charge in [-0.05, 0) is 13.0 Å². The van der Waals surface area contributed by atoms with Gasteiger partial charge in [-0.25, -0.2) is 9.78 Å². The van der Waals surface area contributed by atoms with Crippen LogP contribution < -0.4 is 0 Å². The van der Waals surface area contributed by atoms with Gasteiger partial charge in [0.2, 0.25) is 0 Å². The molecule has 0 spiro atoms.